The van der Waals surface area contributed by atoms with Gasteiger partial charge in [0.25, 0.3) is 0 Å². The molecule has 0 unspecified atom stereocenters. The maximum atomic E-state index is 12.4. The van der Waals surface area contributed by atoms with Gasteiger partial charge in [-0.05, 0) is 111 Å². The molecular formula is C34H38N4O3S. The Hall–Kier alpha value is -3.78. The average molecular weight is 583 g/mol. The highest BCUT2D eigenvalue weighted by molar-refractivity contribution is 7.13. The summed E-state index contributed by atoms with van der Waals surface area (Å²) in [5.41, 5.74) is 7.48. The second kappa shape index (κ2) is 12.2. The van der Waals surface area contributed by atoms with E-state index in [-0.39, 0.29) is 5.97 Å². The molecule has 1 saturated carbocycles. The molecule has 8 heteroatoms. The van der Waals surface area contributed by atoms with E-state index in [1.165, 1.54) is 22.3 Å². The fourth-order valence-electron chi connectivity index (χ4n) is 6.02. The minimum atomic E-state index is -0.369. The van der Waals surface area contributed by atoms with Crippen LogP contribution in [0, 0.1) is 19.8 Å². The first-order valence-corrected chi connectivity index (χ1v) is 15.9. The number of likely N-dealkylation sites (tertiary alicyclic amines) is 1. The Morgan fingerprint density at radius 2 is 1.79 bits per heavy atom. The van der Waals surface area contributed by atoms with Gasteiger partial charge in [0, 0.05) is 19.0 Å². The SMILES string of the molecule is CCOC(=O)c1cnn(-c2cccc(-c3sccc3CCc3ccc(C4CCN(C(=O)C5CC5)CC4)cc3C)n2)c1C. The molecule has 0 atom stereocenters. The number of carbonyl (C=O) groups is 2. The number of benzene rings is 1. The van der Waals surface area contributed by atoms with Crippen LogP contribution in [0.4, 0.5) is 0 Å². The first-order valence-electron chi connectivity index (χ1n) is 15.1. The van der Waals surface area contributed by atoms with Crippen LogP contribution in [-0.4, -0.2) is 51.2 Å². The summed E-state index contributed by atoms with van der Waals surface area (Å²) in [6.45, 7) is 7.98. The highest BCUT2D eigenvalue weighted by Gasteiger charge is 2.35. The molecule has 3 aromatic heterocycles. The van der Waals surface area contributed by atoms with Crippen molar-refractivity contribution >= 4 is 23.2 Å². The molecule has 1 saturated heterocycles. The topological polar surface area (TPSA) is 77.3 Å². The lowest BCUT2D eigenvalue weighted by molar-refractivity contribution is -0.133. The lowest BCUT2D eigenvalue weighted by Crippen LogP contribution is -2.38. The van der Waals surface area contributed by atoms with Gasteiger partial charge in [0.2, 0.25) is 5.91 Å². The maximum Gasteiger partial charge on any atom is 0.341 e. The molecule has 4 aromatic rings. The molecule has 2 fully saturated rings. The summed E-state index contributed by atoms with van der Waals surface area (Å²) in [4.78, 5) is 32.9. The number of aryl methyl sites for hydroxylation is 3. The normalized spacial score (nSPS) is 15.6. The van der Waals surface area contributed by atoms with E-state index in [0.29, 0.717) is 41.4 Å². The molecule has 1 aliphatic carbocycles. The number of carbonyl (C=O) groups excluding carboxylic acids is 2. The van der Waals surface area contributed by atoms with Crippen LogP contribution in [0.5, 0.6) is 0 Å². The number of esters is 1. The zero-order chi connectivity index (χ0) is 29.2. The lowest BCUT2D eigenvalue weighted by Gasteiger charge is -2.32. The molecular weight excluding hydrogens is 544 g/mol. The van der Waals surface area contributed by atoms with Gasteiger partial charge in [-0.2, -0.15) is 5.10 Å². The molecule has 7 nitrogen and oxygen atoms in total. The van der Waals surface area contributed by atoms with Crippen LogP contribution in [0.2, 0.25) is 0 Å². The van der Waals surface area contributed by atoms with Crippen molar-refractivity contribution in [3.05, 3.63) is 87.6 Å². The van der Waals surface area contributed by atoms with Crippen LogP contribution >= 0.6 is 11.3 Å². The highest BCUT2D eigenvalue weighted by atomic mass is 32.1. The number of thiophene rings is 1. The van der Waals surface area contributed by atoms with E-state index in [0.717, 1.165) is 62.2 Å². The van der Waals surface area contributed by atoms with Crippen LogP contribution < -0.4 is 0 Å². The lowest BCUT2D eigenvalue weighted by atomic mass is 9.87. The van der Waals surface area contributed by atoms with E-state index in [2.05, 4.69) is 46.6 Å². The van der Waals surface area contributed by atoms with E-state index in [1.54, 1.807) is 29.1 Å². The molecule has 0 bridgehead atoms. The van der Waals surface area contributed by atoms with Gasteiger partial charge >= 0.3 is 5.97 Å². The summed E-state index contributed by atoms with van der Waals surface area (Å²) >= 11 is 1.70. The van der Waals surface area contributed by atoms with Crippen molar-refractivity contribution in [3.63, 3.8) is 0 Å². The smallest absolute Gasteiger partial charge is 0.341 e. The number of piperidine rings is 1. The summed E-state index contributed by atoms with van der Waals surface area (Å²) in [5.74, 6) is 1.54. The van der Waals surface area contributed by atoms with Crippen molar-refractivity contribution < 1.29 is 14.3 Å². The summed E-state index contributed by atoms with van der Waals surface area (Å²) in [7, 11) is 0. The Morgan fingerprint density at radius 1 is 1.00 bits per heavy atom. The Morgan fingerprint density at radius 3 is 2.52 bits per heavy atom. The van der Waals surface area contributed by atoms with Crippen molar-refractivity contribution in [2.45, 2.75) is 65.2 Å². The molecule has 0 N–H and O–H groups in total. The van der Waals surface area contributed by atoms with E-state index in [1.807, 2.05) is 25.1 Å². The largest absolute Gasteiger partial charge is 0.462 e. The Kier molecular flexibility index (Phi) is 8.24. The van der Waals surface area contributed by atoms with Crippen molar-refractivity contribution in [2.24, 2.45) is 5.92 Å². The van der Waals surface area contributed by atoms with Crippen molar-refractivity contribution in [1.29, 1.82) is 0 Å². The third kappa shape index (κ3) is 5.91. The summed E-state index contributed by atoms with van der Waals surface area (Å²) in [6, 6.07) is 15.1. The quantitative estimate of drug-likeness (QED) is 0.206. The Labute approximate surface area is 251 Å². The third-order valence-electron chi connectivity index (χ3n) is 8.67. The first-order chi connectivity index (χ1) is 20.4. The fourth-order valence-corrected chi connectivity index (χ4v) is 6.94. The van der Waals surface area contributed by atoms with Crippen molar-refractivity contribution in [1.82, 2.24) is 19.7 Å². The summed E-state index contributed by atoms with van der Waals surface area (Å²) < 4.78 is 6.86. The van der Waals surface area contributed by atoms with Gasteiger partial charge in [-0.15, -0.1) is 11.3 Å². The molecule has 2 aliphatic rings. The minimum absolute atomic E-state index is 0.318. The zero-order valence-corrected chi connectivity index (χ0v) is 25.5. The fraction of sp³-hybridized carbons (Fsp3) is 0.412. The molecule has 1 amide bonds. The molecule has 0 radical (unpaired) electrons. The summed E-state index contributed by atoms with van der Waals surface area (Å²) in [5, 5.41) is 6.55. The van der Waals surface area contributed by atoms with Crippen LogP contribution in [-0.2, 0) is 22.4 Å². The van der Waals surface area contributed by atoms with E-state index < -0.39 is 0 Å². The molecule has 218 valence electrons. The predicted octanol–water partition coefficient (Wildman–Crippen LogP) is 6.69. The number of ether oxygens (including phenoxy) is 1. The predicted molar refractivity (Wildman–Crippen MR) is 165 cm³/mol. The van der Waals surface area contributed by atoms with E-state index in [9.17, 15) is 9.59 Å². The monoisotopic (exact) mass is 582 g/mol. The zero-order valence-electron chi connectivity index (χ0n) is 24.6. The number of nitrogens with zero attached hydrogens (tertiary/aromatic N) is 4. The second-order valence-corrected chi connectivity index (χ2v) is 12.4. The van der Waals surface area contributed by atoms with Gasteiger partial charge in [0.1, 0.15) is 5.56 Å². The maximum absolute atomic E-state index is 12.4. The van der Waals surface area contributed by atoms with Gasteiger partial charge in [0.15, 0.2) is 5.82 Å². The number of pyridine rings is 1. The molecule has 1 aliphatic heterocycles. The van der Waals surface area contributed by atoms with Gasteiger partial charge in [-0.1, -0.05) is 24.3 Å². The first kappa shape index (κ1) is 28.3. The number of aromatic nitrogens is 3. The van der Waals surface area contributed by atoms with Gasteiger partial charge in [0.05, 0.1) is 29.1 Å². The van der Waals surface area contributed by atoms with E-state index >= 15 is 0 Å². The number of hydrogen-bond acceptors (Lipinski definition) is 6. The number of rotatable bonds is 9. The van der Waals surface area contributed by atoms with E-state index in [4.69, 9.17) is 9.72 Å². The standard InChI is InChI=1S/C34H38N4O3S/c1-4-41-34(40)29-21-35-38(23(29)3)31-7-5-6-30(36-31)32-26(16-19-42-32)10-8-24-9-13-28(20-22(24)2)25-14-17-37(18-15-25)33(39)27-11-12-27/h5-7,9,13,16,19-21,25,27H,4,8,10-12,14-15,17-18H2,1-3H3. The van der Waals surface area contributed by atoms with Crippen molar-refractivity contribution in [3.8, 4) is 16.4 Å². The van der Waals surface area contributed by atoms with Crippen LogP contribution in [0.1, 0.15) is 76.8 Å². The summed E-state index contributed by atoms with van der Waals surface area (Å²) in [6.07, 6.45) is 7.73. The average Bonchev–Trinajstić information content (AvgIpc) is 3.63. The van der Waals surface area contributed by atoms with Crippen LogP contribution in [0.15, 0.2) is 54.0 Å². The second-order valence-electron chi connectivity index (χ2n) is 11.5. The minimum Gasteiger partial charge on any atom is -0.462 e. The molecule has 1 aromatic carbocycles. The molecule has 6 rings (SSSR count). The van der Waals surface area contributed by atoms with Gasteiger partial charge in [-0.3, -0.25) is 4.79 Å². The van der Waals surface area contributed by atoms with Crippen molar-refractivity contribution in [2.75, 3.05) is 19.7 Å². The Bertz CT molecular complexity index is 1590. The van der Waals surface area contributed by atoms with Crippen LogP contribution in [0.25, 0.3) is 16.4 Å². The third-order valence-corrected chi connectivity index (χ3v) is 9.65. The molecule has 42 heavy (non-hydrogen) atoms. The molecule has 0 spiro atoms. The Balaban J connectivity index is 1.12. The number of hydrogen-bond donors (Lipinski definition) is 0. The van der Waals surface area contributed by atoms with Crippen LogP contribution in [0.3, 0.4) is 0 Å². The van der Waals surface area contributed by atoms with Gasteiger partial charge < -0.3 is 9.64 Å². The number of amides is 1. The highest BCUT2D eigenvalue weighted by Crippen LogP contribution is 2.35. The molecule has 4 heterocycles. The van der Waals surface area contributed by atoms with Gasteiger partial charge in [-0.25, -0.2) is 14.5 Å².